The molecule has 1 heterocycles. The van der Waals surface area contributed by atoms with Crippen LogP contribution in [0.15, 0.2) is 71.1 Å². The van der Waals surface area contributed by atoms with E-state index in [1.54, 1.807) is 42.5 Å². The molecule has 0 saturated carbocycles. The summed E-state index contributed by atoms with van der Waals surface area (Å²) in [5.41, 5.74) is 8.02. The molecule has 0 radical (unpaired) electrons. The fraction of sp³-hybridized carbons (Fsp3) is 0. The topological polar surface area (TPSA) is 56.2 Å². The van der Waals surface area contributed by atoms with E-state index < -0.39 is 11.6 Å². The molecule has 0 unspecified atom stereocenters. The average molecular weight is 349 g/mol. The van der Waals surface area contributed by atoms with Gasteiger partial charge in [0.2, 0.25) is 5.78 Å². The number of hydrogen-bond acceptors (Lipinski definition) is 3. The summed E-state index contributed by atoms with van der Waals surface area (Å²) < 4.78 is 32.5. The second kappa shape index (κ2) is 6.11. The van der Waals surface area contributed by atoms with Gasteiger partial charge in [-0.05, 0) is 29.8 Å². The van der Waals surface area contributed by atoms with Gasteiger partial charge in [-0.15, -0.1) is 0 Å². The van der Waals surface area contributed by atoms with Crippen LogP contribution >= 0.6 is 0 Å². The molecule has 0 aliphatic carbocycles. The molecule has 4 aromatic rings. The van der Waals surface area contributed by atoms with E-state index >= 15 is 0 Å². The number of carbonyl (C=O) groups is 1. The van der Waals surface area contributed by atoms with Gasteiger partial charge in [0, 0.05) is 22.6 Å². The van der Waals surface area contributed by atoms with Crippen molar-refractivity contribution < 1.29 is 18.0 Å². The third kappa shape index (κ3) is 2.63. The van der Waals surface area contributed by atoms with Gasteiger partial charge >= 0.3 is 0 Å². The van der Waals surface area contributed by atoms with Gasteiger partial charge in [0.25, 0.3) is 0 Å². The van der Waals surface area contributed by atoms with Gasteiger partial charge < -0.3 is 10.2 Å². The maximum Gasteiger partial charge on any atom is 0.230 e. The second-order valence-corrected chi connectivity index (χ2v) is 5.87. The zero-order valence-electron chi connectivity index (χ0n) is 13.5. The fourth-order valence-electron chi connectivity index (χ4n) is 2.89. The summed E-state index contributed by atoms with van der Waals surface area (Å²) in [7, 11) is 0. The van der Waals surface area contributed by atoms with E-state index in [1.165, 1.54) is 12.1 Å². The van der Waals surface area contributed by atoms with Gasteiger partial charge in [-0.1, -0.05) is 36.4 Å². The Morgan fingerprint density at radius 2 is 1.65 bits per heavy atom. The fourth-order valence-corrected chi connectivity index (χ4v) is 2.89. The maximum atomic E-state index is 13.9. The summed E-state index contributed by atoms with van der Waals surface area (Å²) in [6.07, 6.45) is 0. The predicted octanol–water partition coefficient (Wildman–Crippen LogP) is 5.19. The van der Waals surface area contributed by atoms with Crippen LogP contribution in [0.3, 0.4) is 0 Å². The van der Waals surface area contributed by atoms with Crippen LogP contribution in [0.1, 0.15) is 16.1 Å². The molecular formula is C21H13F2NO2. The Kier molecular flexibility index (Phi) is 3.77. The summed E-state index contributed by atoms with van der Waals surface area (Å²) >= 11 is 0. The molecule has 0 amide bonds. The molecule has 2 N–H and O–H groups in total. The van der Waals surface area contributed by atoms with E-state index in [-0.39, 0.29) is 17.1 Å². The lowest BCUT2D eigenvalue weighted by molar-refractivity contribution is 0.101. The number of halogens is 2. The summed E-state index contributed by atoms with van der Waals surface area (Å²) in [6.45, 7) is 0. The zero-order valence-corrected chi connectivity index (χ0v) is 13.5. The van der Waals surface area contributed by atoms with Crippen molar-refractivity contribution in [3.63, 3.8) is 0 Å². The van der Waals surface area contributed by atoms with Crippen LogP contribution in [-0.4, -0.2) is 5.78 Å². The molecular weight excluding hydrogens is 336 g/mol. The molecule has 0 aliphatic rings. The zero-order chi connectivity index (χ0) is 18.3. The standard InChI is InChI=1S/C21H13F2NO2/c22-14-9-10-15(17(23)11-14)12-5-7-13(8-6-12)20(25)21-19(24)16-3-1-2-4-18(16)26-21/h1-11H,24H2. The van der Waals surface area contributed by atoms with Gasteiger partial charge in [0.1, 0.15) is 17.2 Å². The van der Waals surface area contributed by atoms with Crippen molar-refractivity contribution >= 4 is 22.4 Å². The molecule has 0 bridgehead atoms. The Morgan fingerprint density at radius 1 is 0.923 bits per heavy atom. The normalized spacial score (nSPS) is 11.0. The summed E-state index contributed by atoms with van der Waals surface area (Å²) in [5, 5.41) is 0.681. The Hall–Kier alpha value is -3.47. The Morgan fingerprint density at radius 3 is 2.35 bits per heavy atom. The van der Waals surface area contributed by atoms with E-state index in [0.717, 1.165) is 6.07 Å². The van der Waals surface area contributed by atoms with Crippen molar-refractivity contribution in [2.75, 3.05) is 5.73 Å². The van der Waals surface area contributed by atoms with Gasteiger partial charge in [-0.2, -0.15) is 0 Å². The lowest BCUT2D eigenvalue weighted by Gasteiger charge is -2.05. The number of furan rings is 1. The lowest BCUT2D eigenvalue weighted by atomic mass is 10.0. The van der Waals surface area contributed by atoms with Crippen LogP contribution in [0.2, 0.25) is 0 Å². The summed E-state index contributed by atoms with van der Waals surface area (Å²) in [5.74, 6) is -1.58. The minimum Gasteiger partial charge on any atom is -0.450 e. The maximum absolute atomic E-state index is 13.9. The van der Waals surface area contributed by atoms with Crippen LogP contribution < -0.4 is 5.73 Å². The first-order chi connectivity index (χ1) is 12.5. The van der Waals surface area contributed by atoms with Gasteiger partial charge in [-0.25, -0.2) is 8.78 Å². The largest absolute Gasteiger partial charge is 0.450 e. The molecule has 0 saturated heterocycles. The quantitative estimate of drug-likeness (QED) is 0.518. The molecule has 0 aliphatic heterocycles. The first kappa shape index (κ1) is 16.0. The lowest BCUT2D eigenvalue weighted by Crippen LogP contribution is -2.03. The van der Waals surface area contributed by atoms with E-state index in [2.05, 4.69) is 0 Å². The molecule has 5 heteroatoms. The third-order valence-electron chi connectivity index (χ3n) is 4.23. The summed E-state index contributed by atoms with van der Waals surface area (Å²) in [4.78, 5) is 12.7. The highest BCUT2D eigenvalue weighted by atomic mass is 19.1. The van der Waals surface area contributed by atoms with Crippen molar-refractivity contribution in [2.45, 2.75) is 0 Å². The molecule has 4 rings (SSSR count). The van der Waals surface area contributed by atoms with Crippen molar-refractivity contribution in [3.05, 3.63) is 89.7 Å². The molecule has 0 spiro atoms. The summed E-state index contributed by atoms with van der Waals surface area (Å²) in [6, 6.07) is 16.8. The first-order valence-corrected chi connectivity index (χ1v) is 7.92. The predicted molar refractivity (Wildman–Crippen MR) is 95.9 cm³/mol. The smallest absolute Gasteiger partial charge is 0.230 e. The Balaban J connectivity index is 1.70. The highest BCUT2D eigenvalue weighted by Gasteiger charge is 2.20. The minimum absolute atomic E-state index is 0.0758. The number of fused-ring (bicyclic) bond motifs is 1. The van der Waals surface area contributed by atoms with Gasteiger partial charge in [0.15, 0.2) is 5.76 Å². The van der Waals surface area contributed by atoms with Crippen LogP contribution in [-0.2, 0) is 0 Å². The molecule has 26 heavy (non-hydrogen) atoms. The third-order valence-corrected chi connectivity index (χ3v) is 4.23. The number of nitrogen functional groups attached to an aromatic ring is 1. The van der Waals surface area contributed by atoms with Crippen molar-refractivity contribution in [1.82, 2.24) is 0 Å². The number of anilines is 1. The second-order valence-electron chi connectivity index (χ2n) is 5.87. The van der Waals surface area contributed by atoms with Crippen molar-refractivity contribution in [1.29, 1.82) is 0 Å². The minimum atomic E-state index is -0.661. The van der Waals surface area contributed by atoms with Crippen molar-refractivity contribution in [3.8, 4) is 11.1 Å². The molecule has 3 nitrogen and oxygen atoms in total. The number of ketones is 1. The highest BCUT2D eigenvalue weighted by molar-refractivity contribution is 6.14. The SMILES string of the molecule is Nc1c(C(=O)c2ccc(-c3ccc(F)cc3F)cc2)oc2ccccc12. The number of benzene rings is 3. The van der Waals surface area contributed by atoms with Crippen LogP contribution in [0.5, 0.6) is 0 Å². The Bertz CT molecular complexity index is 1130. The van der Waals surface area contributed by atoms with Gasteiger partial charge in [0.05, 0.1) is 5.69 Å². The van der Waals surface area contributed by atoms with Gasteiger partial charge in [-0.3, -0.25) is 4.79 Å². The van der Waals surface area contributed by atoms with E-state index in [4.69, 9.17) is 10.2 Å². The number of rotatable bonds is 3. The molecule has 0 atom stereocenters. The van der Waals surface area contributed by atoms with Crippen LogP contribution in [0, 0.1) is 11.6 Å². The number of para-hydroxylation sites is 1. The van der Waals surface area contributed by atoms with E-state index in [0.29, 0.717) is 27.8 Å². The van der Waals surface area contributed by atoms with Crippen LogP contribution in [0.25, 0.3) is 22.1 Å². The molecule has 0 fully saturated rings. The monoisotopic (exact) mass is 349 g/mol. The van der Waals surface area contributed by atoms with E-state index in [1.807, 2.05) is 6.07 Å². The number of hydrogen-bond donors (Lipinski definition) is 1. The molecule has 128 valence electrons. The van der Waals surface area contributed by atoms with E-state index in [9.17, 15) is 13.6 Å². The van der Waals surface area contributed by atoms with Crippen LogP contribution in [0.4, 0.5) is 14.5 Å². The number of nitrogens with two attached hydrogens (primary N) is 1. The molecule has 3 aromatic carbocycles. The first-order valence-electron chi connectivity index (χ1n) is 7.92. The molecule has 1 aromatic heterocycles. The van der Waals surface area contributed by atoms with Crippen molar-refractivity contribution in [2.24, 2.45) is 0 Å². The Labute approximate surface area is 147 Å². The number of carbonyl (C=O) groups excluding carboxylic acids is 1. The highest BCUT2D eigenvalue weighted by Crippen LogP contribution is 2.30. The average Bonchev–Trinajstić information content (AvgIpc) is 2.98.